The first-order chi connectivity index (χ1) is 9.69. The number of nitrogens with one attached hydrogen (secondary N) is 2. The van der Waals surface area contributed by atoms with Crippen LogP contribution in [-0.4, -0.2) is 22.4 Å². The Morgan fingerprint density at radius 2 is 2.30 bits per heavy atom. The van der Waals surface area contributed by atoms with Crippen molar-refractivity contribution in [2.75, 3.05) is 12.0 Å². The lowest BCUT2D eigenvalue weighted by Gasteiger charge is -2.26. The van der Waals surface area contributed by atoms with Gasteiger partial charge in [0.2, 0.25) is 0 Å². The van der Waals surface area contributed by atoms with Crippen LogP contribution in [0, 0.1) is 11.8 Å². The molecule has 0 aromatic carbocycles. The van der Waals surface area contributed by atoms with E-state index in [0.29, 0.717) is 12.4 Å². The van der Waals surface area contributed by atoms with Gasteiger partial charge in [0.25, 0.3) is 5.91 Å². The number of aromatic nitrogens is 2. The minimum absolute atomic E-state index is 0.196. The van der Waals surface area contributed by atoms with Gasteiger partial charge in [0, 0.05) is 6.54 Å². The van der Waals surface area contributed by atoms with Crippen molar-refractivity contribution in [3.05, 3.63) is 18.1 Å². The molecule has 0 saturated heterocycles. The number of nitrogens with two attached hydrogens (primary N) is 1. The lowest BCUT2D eigenvalue weighted by Crippen LogP contribution is -2.28. The number of nitrogen functional groups attached to an aromatic ring is 1. The van der Waals surface area contributed by atoms with Crippen LogP contribution in [0.4, 0.5) is 5.82 Å². The van der Waals surface area contributed by atoms with Crippen LogP contribution in [0.15, 0.2) is 12.4 Å². The van der Waals surface area contributed by atoms with Crippen molar-refractivity contribution in [2.45, 2.75) is 39.0 Å². The molecule has 110 valence electrons. The summed E-state index contributed by atoms with van der Waals surface area (Å²) in [5.74, 6) is 7.00. The highest BCUT2D eigenvalue weighted by atomic mass is 16.1. The summed E-state index contributed by atoms with van der Waals surface area (Å²) in [6.07, 6.45) is 9.18. The van der Waals surface area contributed by atoms with Crippen molar-refractivity contribution < 1.29 is 4.79 Å². The molecule has 1 saturated carbocycles. The Bertz CT molecular complexity index is 451. The Balaban J connectivity index is 1.77. The van der Waals surface area contributed by atoms with Gasteiger partial charge >= 0.3 is 0 Å². The number of rotatable bonds is 5. The molecule has 0 spiro atoms. The highest BCUT2D eigenvalue weighted by Gasteiger charge is 2.18. The van der Waals surface area contributed by atoms with Gasteiger partial charge in [-0.2, -0.15) is 0 Å². The largest absolute Gasteiger partial charge is 0.351 e. The van der Waals surface area contributed by atoms with Crippen LogP contribution in [0.25, 0.3) is 0 Å². The number of carbonyl (C=O) groups is 1. The number of nitrogens with zero attached hydrogens (tertiary/aromatic N) is 2. The average Bonchev–Trinajstić information content (AvgIpc) is 2.47. The van der Waals surface area contributed by atoms with E-state index in [9.17, 15) is 4.79 Å². The molecule has 0 bridgehead atoms. The van der Waals surface area contributed by atoms with Gasteiger partial charge in [-0.25, -0.2) is 10.8 Å². The third-order valence-electron chi connectivity index (χ3n) is 3.90. The number of anilines is 1. The first-order valence-corrected chi connectivity index (χ1v) is 7.26. The molecule has 1 aromatic rings. The first kappa shape index (κ1) is 14.7. The molecule has 4 N–H and O–H groups in total. The Kier molecular flexibility index (Phi) is 5.29. The number of carbonyl (C=O) groups excluding carboxylic acids is 1. The normalized spacial score (nSPS) is 22.3. The Morgan fingerprint density at radius 1 is 1.45 bits per heavy atom. The molecule has 0 radical (unpaired) electrons. The molecule has 2 unspecified atom stereocenters. The van der Waals surface area contributed by atoms with Crippen molar-refractivity contribution in [3.63, 3.8) is 0 Å². The van der Waals surface area contributed by atoms with Crippen molar-refractivity contribution in [2.24, 2.45) is 17.7 Å². The van der Waals surface area contributed by atoms with E-state index in [2.05, 4.69) is 27.6 Å². The molecule has 0 aliphatic heterocycles. The highest BCUT2D eigenvalue weighted by molar-refractivity contribution is 5.92. The molecule has 20 heavy (non-hydrogen) atoms. The second-order valence-corrected chi connectivity index (χ2v) is 5.62. The highest BCUT2D eigenvalue weighted by Crippen LogP contribution is 2.30. The van der Waals surface area contributed by atoms with Gasteiger partial charge in [-0.15, -0.1) is 0 Å². The smallest absolute Gasteiger partial charge is 0.271 e. The van der Waals surface area contributed by atoms with Gasteiger partial charge in [0.15, 0.2) is 5.82 Å². The Morgan fingerprint density at radius 3 is 3.05 bits per heavy atom. The zero-order valence-corrected chi connectivity index (χ0v) is 11.9. The van der Waals surface area contributed by atoms with Gasteiger partial charge in [-0.3, -0.25) is 9.78 Å². The molecule has 2 atom stereocenters. The number of hydrazine groups is 1. The second kappa shape index (κ2) is 7.19. The topological polar surface area (TPSA) is 92.9 Å². The molecule has 1 aliphatic rings. The predicted octanol–water partition coefficient (Wildman–Crippen LogP) is 1.71. The monoisotopic (exact) mass is 277 g/mol. The molecule has 1 amide bonds. The van der Waals surface area contributed by atoms with Crippen molar-refractivity contribution in [1.29, 1.82) is 0 Å². The van der Waals surface area contributed by atoms with Crippen LogP contribution in [0.5, 0.6) is 0 Å². The molecule has 6 nitrogen and oxygen atoms in total. The van der Waals surface area contributed by atoms with Gasteiger partial charge < -0.3 is 10.7 Å². The summed E-state index contributed by atoms with van der Waals surface area (Å²) >= 11 is 0. The fraction of sp³-hybridized carbons (Fsp3) is 0.643. The molecule has 1 aliphatic carbocycles. The number of hydrogen-bond donors (Lipinski definition) is 3. The van der Waals surface area contributed by atoms with Crippen LogP contribution >= 0.6 is 0 Å². The summed E-state index contributed by atoms with van der Waals surface area (Å²) in [6, 6.07) is 0. The van der Waals surface area contributed by atoms with E-state index in [1.165, 1.54) is 38.1 Å². The van der Waals surface area contributed by atoms with E-state index in [0.717, 1.165) is 18.3 Å². The number of hydrogen-bond acceptors (Lipinski definition) is 5. The number of amides is 1. The fourth-order valence-corrected chi connectivity index (χ4v) is 2.85. The lowest BCUT2D eigenvalue weighted by atomic mass is 9.81. The van der Waals surface area contributed by atoms with Gasteiger partial charge in [0.1, 0.15) is 5.69 Å². The Hall–Kier alpha value is -1.69. The van der Waals surface area contributed by atoms with Gasteiger partial charge in [-0.1, -0.05) is 26.2 Å². The molecule has 2 rings (SSSR count). The minimum atomic E-state index is -0.196. The third kappa shape index (κ3) is 4.16. The Labute approximate surface area is 119 Å². The standard InChI is InChI=1S/C14H23N5O/c1-10-3-2-4-11(7-10)5-6-17-14(20)12-8-16-9-13(18-12)19-15/h8-11H,2-7,15H2,1H3,(H,17,20)(H,18,19). The third-order valence-corrected chi connectivity index (χ3v) is 3.90. The van der Waals surface area contributed by atoms with E-state index < -0.39 is 0 Å². The fourth-order valence-electron chi connectivity index (χ4n) is 2.85. The maximum absolute atomic E-state index is 11.9. The first-order valence-electron chi connectivity index (χ1n) is 7.26. The quantitative estimate of drug-likeness (QED) is 0.563. The molecule has 1 heterocycles. The van der Waals surface area contributed by atoms with E-state index in [1.807, 2.05) is 0 Å². The van der Waals surface area contributed by atoms with Crippen molar-refractivity contribution in [3.8, 4) is 0 Å². The van der Waals surface area contributed by atoms with E-state index >= 15 is 0 Å². The average molecular weight is 277 g/mol. The van der Waals surface area contributed by atoms with Crippen molar-refractivity contribution >= 4 is 11.7 Å². The molecule has 1 fully saturated rings. The summed E-state index contributed by atoms with van der Waals surface area (Å²) in [5.41, 5.74) is 2.67. The molecular formula is C14H23N5O. The van der Waals surface area contributed by atoms with Gasteiger partial charge in [0.05, 0.1) is 12.4 Å². The van der Waals surface area contributed by atoms with Gasteiger partial charge in [-0.05, 0) is 24.7 Å². The SMILES string of the molecule is CC1CCCC(CCNC(=O)c2cncc(NN)n2)C1. The van der Waals surface area contributed by atoms with Crippen LogP contribution in [0.2, 0.25) is 0 Å². The maximum atomic E-state index is 11.9. The zero-order chi connectivity index (χ0) is 14.4. The van der Waals surface area contributed by atoms with Crippen molar-refractivity contribution in [1.82, 2.24) is 15.3 Å². The van der Waals surface area contributed by atoms with Crippen LogP contribution in [0.1, 0.15) is 49.5 Å². The van der Waals surface area contributed by atoms with Crippen LogP contribution in [0.3, 0.4) is 0 Å². The predicted molar refractivity (Wildman–Crippen MR) is 77.9 cm³/mol. The maximum Gasteiger partial charge on any atom is 0.271 e. The lowest BCUT2D eigenvalue weighted by molar-refractivity contribution is 0.0944. The summed E-state index contributed by atoms with van der Waals surface area (Å²) in [4.78, 5) is 19.9. The van der Waals surface area contributed by atoms with E-state index in [1.54, 1.807) is 0 Å². The summed E-state index contributed by atoms with van der Waals surface area (Å²) in [7, 11) is 0. The summed E-state index contributed by atoms with van der Waals surface area (Å²) in [6.45, 7) is 3.00. The minimum Gasteiger partial charge on any atom is -0.351 e. The van der Waals surface area contributed by atoms with E-state index in [4.69, 9.17) is 5.84 Å². The summed E-state index contributed by atoms with van der Waals surface area (Å²) < 4.78 is 0. The molecular weight excluding hydrogens is 254 g/mol. The summed E-state index contributed by atoms with van der Waals surface area (Å²) in [5, 5.41) is 2.90. The molecule has 1 aromatic heterocycles. The zero-order valence-electron chi connectivity index (χ0n) is 11.9. The van der Waals surface area contributed by atoms with E-state index in [-0.39, 0.29) is 11.6 Å². The second-order valence-electron chi connectivity index (χ2n) is 5.62. The van der Waals surface area contributed by atoms with Crippen LogP contribution < -0.4 is 16.6 Å². The van der Waals surface area contributed by atoms with Crippen LogP contribution in [-0.2, 0) is 0 Å². The molecule has 6 heteroatoms.